The molecule has 3 rings (SSSR count). The summed E-state index contributed by atoms with van der Waals surface area (Å²) >= 11 is 0. The zero-order valence-corrected chi connectivity index (χ0v) is 15.3. The fourth-order valence-corrected chi connectivity index (χ4v) is 3.95. The molecule has 1 aliphatic carbocycles. The van der Waals surface area contributed by atoms with Crippen molar-refractivity contribution in [2.24, 2.45) is 5.92 Å². The molecule has 1 aromatic rings. The van der Waals surface area contributed by atoms with Gasteiger partial charge in [0.1, 0.15) is 0 Å². The van der Waals surface area contributed by atoms with Crippen molar-refractivity contribution in [2.75, 3.05) is 13.1 Å². The van der Waals surface area contributed by atoms with E-state index in [9.17, 15) is 4.79 Å². The second-order valence-electron chi connectivity index (χ2n) is 7.45. The minimum Gasteiger partial charge on any atom is -0.372 e. The number of nitrogens with zero attached hydrogens (tertiary/aromatic N) is 2. The molecule has 2 aliphatic rings. The minimum absolute atomic E-state index is 0.0984. The lowest BCUT2D eigenvalue weighted by atomic mass is 9.84. The first-order valence-corrected chi connectivity index (χ1v) is 9.79. The van der Waals surface area contributed by atoms with E-state index in [1.807, 2.05) is 23.1 Å². The maximum atomic E-state index is 12.5. The van der Waals surface area contributed by atoms with E-state index in [2.05, 4.69) is 17.2 Å². The van der Waals surface area contributed by atoms with Crippen LogP contribution in [0.4, 0.5) is 4.79 Å². The fraction of sp³-hybridized carbons (Fsp3) is 0.700. The van der Waals surface area contributed by atoms with Crippen LogP contribution < -0.4 is 5.32 Å². The molecule has 2 amide bonds. The Balaban J connectivity index is 1.37. The Morgan fingerprint density at radius 3 is 2.68 bits per heavy atom. The molecule has 0 aromatic carbocycles. The smallest absolute Gasteiger partial charge is 0.317 e. The molecule has 1 saturated heterocycles. The predicted molar refractivity (Wildman–Crippen MR) is 98.2 cm³/mol. The Morgan fingerprint density at radius 1 is 1.24 bits per heavy atom. The Kier molecular flexibility index (Phi) is 6.68. The Morgan fingerprint density at radius 2 is 2.00 bits per heavy atom. The number of piperidine rings is 1. The molecule has 0 unspecified atom stereocenters. The molecule has 0 spiro atoms. The van der Waals surface area contributed by atoms with E-state index < -0.39 is 0 Å². The van der Waals surface area contributed by atoms with E-state index in [1.165, 1.54) is 32.1 Å². The average molecular weight is 345 g/mol. The van der Waals surface area contributed by atoms with Crippen molar-refractivity contribution in [1.82, 2.24) is 15.2 Å². The highest BCUT2D eigenvalue weighted by molar-refractivity contribution is 5.74. The van der Waals surface area contributed by atoms with Crippen molar-refractivity contribution in [2.45, 2.75) is 70.6 Å². The number of ether oxygens (including phenoxy) is 1. The minimum atomic E-state index is 0.0984. The van der Waals surface area contributed by atoms with Gasteiger partial charge >= 0.3 is 6.03 Å². The zero-order valence-electron chi connectivity index (χ0n) is 15.3. The number of amides is 2. The summed E-state index contributed by atoms with van der Waals surface area (Å²) in [4.78, 5) is 18.7. The molecular weight excluding hydrogens is 314 g/mol. The molecule has 1 atom stereocenters. The van der Waals surface area contributed by atoms with Crippen LogP contribution in [0.5, 0.6) is 0 Å². The number of rotatable bonds is 5. The number of carbonyl (C=O) groups excluding carboxylic acids is 1. The normalized spacial score (nSPS) is 21.1. The van der Waals surface area contributed by atoms with Crippen molar-refractivity contribution < 1.29 is 9.53 Å². The molecule has 1 aromatic heterocycles. The lowest BCUT2D eigenvalue weighted by molar-refractivity contribution is 0.00277. The van der Waals surface area contributed by atoms with Crippen LogP contribution in [0, 0.1) is 5.92 Å². The molecule has 2 heterocycles. The van der Waals surface area contributed by atoms with Crippen LogP contribution in [0.15, 0.2) is 24.4 Å². The van der Waals surface area contributed by atoms with Crippen LogP contribution in [0.1, 0.15) is 57.6 Å². The number of aromatic nitrogens is 1. The van der Waals surface area contributed by atoms with Crippen LogP contribution >= 0.6 is 0 Å². The molecule has 25 heavy (non-hydrogen) atoms. The van der Waals surface area contributed by atoms with E-state index in [0.29, 0.717) is 12.5 Å². The molecule has 138 valence electrons. The number of likely N-dealkylation sites (tertiary alicyclic amines) is 1. The number of nitrogens with one attached hydrogen (secondary N) is 1. The quantitative estimate of drug-likeness (QED) is 0.884. The van der Waals surface area contributed by atoms with Gasteiger partial charge in [0.2, 0.25) is 0 Å². The second kappa shape index (κ2) is 9.18. The topological polar surface area (TPSA) is 54.5 Å². The van der Waals surface area contributed by atoms with Gasteiger partial charge in [-0.2, -0.15) is 0 Å². The lowest BCUT2D eigenvalue weighted by Gasteiger charge is -2.34. The van der Waals surface area contributed by atoms with E-state index in [-0.39, 0.29) is 18.2 Å². The third-order valence-electron chi connectivity index (χ3n) is 5.63. The zero-order chi connectivity index (χ0) is 17.5. The first-order valence-electron chi connectivity index (χ1n) is 9.79. The van der Waals surface area contributed by atoms with Gasteiger partial charge in [-0.1, -0.05) is 25.3 Å². The Hall–Kier alpha value is -1.62. The van der Waals surface area contributed by atoms with E-state index >= 15 is 0 Å². The summed E-state index contributed by atoms with van der Waals surface area (Å²) in [6.45, 7) is 4.26. The lowest BCUT2D eigenvalue weighted by Crippen LogP contribution is -2.50. The van der Waals surface area contributed by atoms with E-state index in [1.54, 1.807) is 6.20 Å². The highest BCUT2D eigenvalue weighted by Crippen LogP contribution is 2.26. The Bertz CT molecular complexity index is 523. The van der Waals surface area contributed by atoms with Crippen molar-refractivity contribution in [3.8, 4) is 0 Å². The van der Waals surface area contributed by atoms with Crippen LogP contribution in [-0.4, -0.2) is 41.2 Å². The van der Waals surface area contributed by atoms with Gasteiger partial charge in [-0.25, -0.2) is 4.79 Å². The molecule has 0 bridgehead atoms. The summed E-state index contributed by atoms with van der Waals surface area (Å²) in [5, 5.41) is 3.23. The highest BCUT2D eigenvalue weighted by atomic mass is 16.5. The highest BCUT2D eigenvalue weighted by Gasteiger charge is 2.26. The Labute approximate surface area is 151 Å². The van der Waals surface area contributed by atoms with Crippen molar-refractivity contribution in [3.63, 3.8) is 0 Å². The van der Waals surface area contributed by atoms with Gasteiger partial charge in [0.15, 0.2) is 0 Å². The molecular formula is C20H31N3O2. The van der Waals surface area contributed by atoms with Crippen molar-refractivity contribution >= 4 is 6.03 Å². The summed E-state index contributed by atoms with van der Waals surface area (Å²) < 4.78 is 5.95. The van der Waals surface area contributed by atoms with Gasteiger partial charge in [-0.05, 0) is 50.7 Å². The molecule has 1 N–H and O–H groups in total. The van der Waals surface area contributed by atoms with Gasteiger partial charge in [-0.3, -0.25) is 4.98 Å². The first-order chi connectivity index (χ1) is 12.2. The van der Waals surface area contributed by atoms with Gasteiger partial charge in [0, 0.05) is 25.3 Å². The van der Waals surface area contributed by atoms with Gasteiger partial charge in [0.05, 0.1) is 18.4 Å². The first kappa shape index (κ1) is 18.2. The summed E-state index contributed by atoms with van der Waals surface area (Å²) in [5.41, 5.74) is 0.962. The van der Waals surface area contributed by atoms with Gasteiger partial charge in [0.25, 0.3) is 0 Å². The summed E-state index contributed by atoms with van der Waals surface area (Å²) in [6.07, 6.45) is 10.3. The molecule has 1 aliphatic heterocycles. The maximum Gasteiger partial charge on any atom is 0.317 e. The summed E-state index contributed by atoms with van der Waals surface area (Å²) in [7, 11) is 0. The van der Waals surface area contributed by atoms with Crippen molar-refractivity contribution in [1.29, 1.82) is 0 Å². The predicted octanol–water partition coefficient (Wildman–Crippen LogP) is 3.74. The van der Waals surface area contributed by atoms with E-state index in [4.69, 9.17) is 4.74 Å². The molecule has 5 heteroatoms. The third kappa shape index (κ3) is 5.43. The number of carbonyl (C=O) groups is 1. The van der Waals surface area contributed by atoms with Crippen LogP contribution in [0.2, 0.25) is 0 Å². The van der Waals surface area contributed by atoms with E-state index in [0.717, 1.165) is 31.6 Å². The molecule has 2 fully saturated rings. The molecule has 0 radical (unpaired) electrons. The van der Waals surface area contributed by atoms with Gasteiger partial charge < -0.3 is 15.0 Å². The summed E-state index contributed by atoms with van der Waals surface area (Å²) in [5.74, 6) is 0.650. The molecule has 5 nitrogen and oxygen atoms in total. The molecule has 1 saturated carbocycles. The van der Waals surface area contributed by atoms with Crippen LogP contribution in [0.3, 0.4) is 0 Å². The summed E-state index contributed by atoms with van der Waals surface area (Å²) in [6, 6.07) is 6.25. The average Bonchev–Trinajstić information content (AvgIpc) is 2.68. The second-order valence-corrected chi connectivity index (χ2v) is 7.45. The number of urea groups is 1. The monoisotopic (exact) mass is 345 g/mol. The fourth-order valence-electron chi connectivity index (χ4n) is 3.95. The third-order valence-corrected chi connectivity index (χ3v) is 5.63. The standard InChI is InChI=1S/C20H31N3O2/c1-16(17-7-3-2-4-8-17)22-20(24)23-13-10-19(11-14-23)25-15-18-9-5-6-12-21-18/h5-6,9,12,16-17,19H,2-4,7-8,10-11,13-15H2,1H3,(H,22,24)/t16-/m0/s1. The van der Waals surface area contributed by atoms with Crippen LogP contribution in [-0.2, 0) is 11.3 Å². The van der Waals surface area contributed by atoms with Crippen molar-refractivity contribution in [3.05, 3.63) is 30.1 Å². The number of hydrogen-bond acceptors (Lipinski definition) is 3. The SMILES string of the molecule is C[C@H](NC(=O)N1CCC(OCc2ccccn2)CC1)C1CCCCC1. The van der Waals surface area contributed by atoms with Gasteiger partial charge in [-0.15, -0.1) is 0 Å². The number of pyridine rings is 1. The maximum absolute atomic E-state index is 12.5. The number of hydrogen-bond donors (Lipinski definition) is 1. The largest absolute Gasteiger partial charge is 0.372 e. The van der Waals surface area contributed by atoms with Crippen LogP contribution in [0.25, 0.3) is 0 Å².